The summed E-state index contributed by atoms with van der Waals surface area (Å²) in [6.07, 6.45) is 2.53. The molecule has 1 aromatic rings. The third kappa shape index (κ3) is 2.69. The topological polar surface area (TPSA) is 59.5 Å². The molecule has 2 rings (SSSR count). The van der Waals surface area contributed by atoms with Crippen LogP contribution < -0.4 is 5.73 Å². The van der Waals surface area contributed by atoms with Gasteiger partial charge in [-0.25, -0.2) is 0 Å². The molecule has 1 aromatic heterocycles. The molecule has 94 valence electrons. The number of nitrogens with two attached hydrogens (primary N) is 1. The predicted molar refractivity (Wildman–Crippen MR) is 65.6 cm³/mol. The third-order valence-corrected chi connectivity index (χ3v) is 3.52. The van der Waals surface area contributed by atoms with E-state index >= 15 is 0 Å². The van der Waals surface area contributed by atoms with Crippen LogP contribution in [0.4, 0.5) is 0 Å². The molecule has 0 spiro atoms. The van der Waals surface area contributed by atoms with Gasteiger partial charge in [0.15, 0.2) is 5.76 Å². The van der Waals surface area contributed by atoms with E-state index in [1.807, 2.05) is 6.07 Å². The van der Waals surface area contributed by atoms with Gasteiger partial charge in [-0.2, -0.15) is 0 Å². The van der Waals surface area contributed by atoms with E-state index in [0.29, 0.717) is 0 Å². The minimum Gasteiger partial charge on any atom is -0.454 e. The monoisotopic (exact) mass is 236 g/mol. The summed E-state index contributed by atoms with van der Waals surface area (Å²) in [7, 11) is 0. The summed E-state index contributed by atoms with van der Waals surface area (Å²) in [6, 6.07) is 3.72. The highest BCUT2D eigenvalue weighted by atomic mass is 16.4. The van der Waals surface area contributed by atoms with Crippen LogP contribution in [0.5, 0.6) is 0 Å². The number of nitrogens with zero attached hydrogens (tertiary/aromatic N) is 1. The molecule has 1 amide bonds. The maximum atomic E-state index is 11.0. The van der Waals surface area contributed by atoms with Gasteiger partial charge in [-0.3, -0.25) is 9.69 Å². The van der Waals surface area contributed by atoms with Gasteiger partial charge in [0.25, 0.3) is 5.91 Å². The Labute approximate surface area is 102 Å². The van der Waals surface area contributed by atoms with E-state index in [4.69, 9.17) is 10.2 Å². The average molecular weight is 236 g/mol. The molecule has 0 aliphatic carbocycles. The summed E-state index contributed by atoms with van der Waals surface area (Å²) in [5.41, 5.74) is 5.18. The second-order valence-electron chi connectivity index (χ2n) is 4.98. The van der Waals surface area contributed by atoms with Crippen molar-refractivity contribution in [2.45, 2.75) is 32.7 Å². The molecule has 17 heavy (non-hydrogen) atoms. The maximum Gasteiger partial charge on any atom is 0.284 e. The fourth-order valence-electron chi connectivity index (χ4n) is 2.47. The van der Waals surface area contributed by atoms with Crippen LogP contribution in [0.3, 0.4) is 0 Å². The molecule has 2 unspecified atom stereocenters. The van der Waals surface area contributed by atoms with Gasteiger partial charge in [0.2, 0.25) is 0 Å². The highest BCUT2D eigenvalue weighted by Crippen LogP contribution is 2.27. The van der Waals surface area contributed by atoms with Gasteiger partial charge in [-0.1, -0.05) is 6.92 Å². The molecular weight excluding hydrogens is 216 g/mol. The van der Waals surface area contributed by atoms with E-state index in [0.717, 1.165) is 24.8 Å². The molecule has 2 atom stereocenters. The van der Waals surface area contributed by atoms with Crippen LogP contribution in [0.15, 0.2) is 16.5 Å². The van der Waals surface area contributed by atoms with Crippen LogP contribution in [0, 0.1) is 5.92 Å². The van der Waals surface area contributed by atoms with Gasteiger partial charge in [-0.15, -0.1) is 0 Å². The van der Waals surface area contributed by atoms with Crippen molar-refractivity contribution in [2.75, 3.05) is 13.1 Å². The first-order valence-electron chi connectivity index (χ1n) is 6.21. The van der Waals surface area contributed by atoms with E-state index in [2.05, 4.69) is 18.7 Å². The van der Waals surface area contributed by atoms with Gasteiger partial charge in [0, 0.05) is 6.54 Å². The molecule has 1 aliphatic rings. The van der Waals surface area contributed by atoms with E-state index in [-0.39, 0.29) is 11.8 Å². The zero-order chi connectivity index (χ0) is 12.4. The second kappa shape index (κ2) is 4.92. The third-order valence-electron chi connectivity index (χ3n) is 3.52. The summed E-state index contributed by atoms with van der Waals surface area (Å²) in [5.74, 6) is 1.30. The quantitative estimate of drug-likeness (QED) is 0.875. The maximum absolute atomic E-state index is 11.0. The molecule has 1 fully saturated rings. The van der Waals surface area contributed by atoms with Crippen molar-refractivity contribution in [3.8, 4) is 0 Å². The molecule has 4 nitrogen and oxygen atoms in total. The van der Waals surface area contributed by atoms with Crippen LogP contribution >= 0.6 is 0 Å². The predicted octanol–water partition coefficient (Wildman–Crippen LogP) is 2.17. The van der Waals surface area contributed by atoms with Crippen molar-refractivity contribution in [3.63, 3.8) is 0 Å². The molecule has 1 aliphatic heterocycles. The van der Waals surface area contributed by atoms with E-state index in [9.17, 15) is 4.79 Å². The van der Waals surface area contributed by atoms with Crippen molar-refractivity contribution >= 4 is 5.91 Å². The minimum atomic E-state index is -0.504. The number of hydrogen-bond donors (Lipinski definition) is 1. The fraction of sp³-hybridized carbons (Fsp3) is 0.615. The van der Waals surface area contributed by atoms with Gasteiger partial charge < -0.3 is 10.2 Å². The lowest BCUT2D eigenvalue weighted by atomic mass is 9.98. The van der Waals surface area contributed by atoms with Crippen LogP contribution in [0.2, 0.25) is 0 Å². The Balaban J connectivity index is 2.07. The normalized spacial score (nSPS) is 23.5. The number of furan rings is 1. The lowest BCUT2D eigenvalue weighted by Gasteiger charge is -2.34. The number of carbonyl (C=O) groups is 1. The van der Waals surface area contributed by atoms with Crippen molar-refractivity contribution < 1.29 is 9.21 Å². The van der Waals surface area contributed by atoms with E-state index < -0.39 is 5.91 Å². The number of primary amides is 1. The van der Waals surface area contributed by atoms with E-state index in [1.165, 1.54) is 12.8 Å². The first-order valence-corrected chi connectivity index (χ1v) is 6.21. The molecule has 0 radical (unpaired) electrons. The number of hydrogen-bond acceptors (Lipinski definition) is 3. The summed E-state index contributed by atoms with van der Waals surface area (Å²) in [4.78, 5) is 13.4. The largest absolute Gasteiger partial charge is 0.454 e. The Hall–Kier alpha value is -1.29. The highest BCUT2D eigenvalue weighted by Gasteiger charge is 2.24. The summed E-state index contributed by atoms with van der Waals surface area (Å²) in [5, 5.41) is 0. The molecular formula is C13H20N2O2. The van der Waals surface area contributed by atoms with Crippen molar-refractivity contribution in [2.24, 2.45) is 11.7 Å². The second-order valence-corrected chi connectivity index (χ2v) is 4.98. The smallest absolute Gasteiger partial charge is 0.284 e. The zero-order valence-corrected chi connectivity index (χ0v) is 10.5. The molecule has 0 aromatic carbocycles. The van der Waals surface area contributed by atoms with Gasteiger partial charge in [0.05, 0.1) is 6.04 Å². The average Bonchev–Trinajstić information content (AvgIpc) is 2.77. The lowest BCUT2D eigenvalue weighted by molar-refractivity contribution is 0.0957. The number of likely N-dealkylation sites (tertiary alicyclic amines) is 1. The Morgan fingerprint density at radius 2 is 2.35 bits per heavy atom. The van der Waals surface area contributed by atoms with Crippen LogP contribution in [-0.4, -0.2) is 23.9 Å². The van der Waals surface area contributed by atoms with E-state index in [1.54, 1.807) is 6.07 Å². The number of amides is 1. The van der Waals surface area contributed by atoms with Crippen molar-refractivity contribution in [1.82, 2.24) is 4.90 Å². The number of rotatable bonds is 3. The first kappa shape index (κ1) is 12.2. The van der Waals surface area contributed by atoms with Crippen LogP contribution in [0.1, 0.15) is 49.0 Å². The SMILES string of the molecule is CC1CCCN(C(C)c2ccc(C(N)=O)o2)C1. The first-order chi connectivity index (χ1) is 8.08. The Bertz CT molecular complexity index is 400. The highest BCUT2D eigenvalue weighted by molar-refractivity contribution is 5.89. The van der Waals surface area contributed by atoms with Crippen LogP contribution in [0.25, 0.3) is 0 Å². The van der Waals surface area contributed by atoms with Gasteiger partial charge in [-0.05, 0) is 44.4 Å². The lowest BCUT2D eigenvalue weighted by Crippen LogP contribution is -2.36. The Morgan fingerprint density at radius 1 is 1.59 bits per heavy atom. The molecule has 0 saturated carbocycles. The zero-order valence-electron chi connectivity index (χ0n) is 10.5. The molecule has 1 saturated heterocycles. The fourth-order valence-corrected chi connectivity index (χ4v) is 2.47. The Kier molecular flexibility index (Phi) is 3.52. The van der Waals surface area contributed by atoms with Crippen molar-refractivity contribution in [1.29, 1.82) is 0 Å². The summed E-state index contributed by atoms with van der Waals surface area (Å²) in [6.45, 7) is 6.57. The number of piperidine rings is 1. The molecule has 2 N–H and O–H groups in total. The van der Waals surface area contributed by atoms with Gasteiger partial charge in [0.1, 0.15) is 5.76 Å². The number of carbonyl (C=O) groups excluding carboxylic acids is 1. The van der Waals surface area contributed by atoms with Crippen LogP contribution in [-0.2, 0) is 0 Å². The summed E-state index contributed by atoms with van der Waals surface area (Å²) < 4.78 is 5.48. The summed E-state index contributed by atoms with van der Waals surface area (Å²) >= 11 is 0. The Morgan fingerprint density at radius 3 is 2.94 bits per heavy atom. The standard InChI is InChI=1S/C13H20N2O2/c1-9-4-3-7-15(8-9)10(2)11-5-6-12(17-11)13(14)16/h5-6,9-10H,3-4,7-8H2,1-2H3,(H2,14,16). The molecule has 2 heterocycles. The molecule has 4 heteroatoms. The van der Waals surface area contributed by atoms with Crippen molar-refractivity contribution in [3.05, 3.63) is 23.7 Å². The molecule has 0 bridgehead atoms. The minimum absolute atomic E-state index is 0.214. The van der Waals surface area contributed by atoms with Gasteiger partial charge >= 0.3 is 0 Å².